The Bertz CT molecular complexity index is 1150. The van der Waals surface area contributed by atoms with Crippen LogP contribution in [0.15, 0.2) is 55.0 Å². The summed E-state index contributed by atoms with van der Waals surface area (Å²) in [6.45, 7) is 4.57. The van der Waals surface area contributed by atoms with Crippen molar-refractivity contribution in [2.24, 2.45) is 5.92 Å². The third-order valence-corrected chi connectivity index (χ3v) is 5.94. The van der Waals surface area contributed by atoms with Gasteiger partial charge in [0, 0.05) is 36.8 Å². The van der Waals surface area contributed by atoms with Crippen LogP contribution in [-0.2, 0) is 6.18 Å². The molecule has 178 valence electrons. The third-order valence-electron chi connectivity index (χ3n) is 5.94. The maximum Gasteiger partial charge on any atom is 0.416 e. The van der Waals surface area contributed by atoms with E-state index in [0.717, 1.165) is 30.3 Å². The van der Waals surface area contributed by atoms with Gasteiger partial charge in [-0.15, -0.1) is 0 Å². The molecule has 4 rings (SSSR count). The largest absolute Gasteiger partial charge is 0.475 e. The summed E-state index contributed by atoms with van der Waals surface area (Å²) in [6, 6.07) is 8.74. The number of amides is 1. The maximum atomic E-state index is 13.7. The number of piperidine rings is 1. The van der Waals surface area contributed by atoms with Crippen molar-refractivity contribution in [2.45, 2.75) is 38.9 Å². The molecule has 6 nitrogen and oxygen atoms in total. The highest BCUT2D eigenvalue weighted by atomic mass is 19.4. The molecule has 1 aromatic carbocycles. The molecule has 0 unspecified atom stereocenters. The zero-order valence-electron chi connectivity index (χ0n) is 18.9. The number of carbonyl (C=O) groups is 1. The maximum absolute atomic E-state index is 13.7. The molecule has 1 saturated heterocycles. The van der Waals surface area contributed by atoms with Crippen molar-refractivity contribution in [3.05, 3.63) is 71.7 Å². The van der Waals surface area contributed by atoms with Gasteiger partial charge < -0.3 is 9.64 Å². The van der Waals surface area contributed by atoms with Gasteiger partial charge in [0.2, 0.25) is 5.88 Å². The van der Waals surface area contributed by atoms with E-state index < -0.39 is 11.7 Å². The summed E-state index contributed by atoms with van der Waals surface area (Å²) in [4.78, 5) is 28.0. The number of rotatable bonds is 5. The van der Waals surface area contributed by atoms with Crippen molar-refractivity contribution in [1.29, 1.82) is 0 Å². The van der Waals surface area contributed by atoms with Crippen LogP contribution in [0.1, 0.15) is 41.3 Å². The summed E-state index contributed by atoms with van der Waals surface area (Å²) < 4.78 is 44.8. The van der Waals surface area contributed by atoms with E-state index in [0.29, 0.717) is 35.8 Å². The van der Waals surface area contributed by atoms with Crippen molar-refractivity contribution in [3.63, 3.8) is 0 Å². The van der Waals surface area contributed by atoms with Crippen molar-refractivity contribution in [3.8, 4) is 17.3 Å². The molecule has 3 heterocycles. The van der Waals surface area contributed by atoms with Crippen LogP contribution in [0.4, 0.5) is 13.2 Å². The first-order chi connectivity index (χ1) is 16.2. The molecule has 0 saturated carbocycles. The van der Waals surface area contributed by atoms with Gasteiger partial charge >= 0.3 is 6.18 Å². The van der Waals surface area contributed by atoms with Crippen molar-refractivity contribution < 1.29 is 22.7 Å². The van der Waals surface area contributed by atoms with Gasteiger partial charge in [-0.1, -0.05) is 24.6 Å². The number of hydrogen-bond donors (Lipinski definition) is 0. The van der Waals surface area contributed by atoms with Gasteiger partial charge in [-0.05, 0) is 43.9 Å². The first kappa shape index (κ1) is 23.7. The Morgan fingerprint density at radius 2 is 1.88 bits per heavy atom. The highest BCUT2D eigenvalue weighted by molar-refractivity contribution is 6.00. The van der Waals surface area contributed by atoms with Crippen LogP contribution >= 0.6 is 0 Å². The number of ether oxygens (including phenoxy) is 1. The first-order valence-electron chi connectivity index (χ1n) is 11.1. The van der Waals surface area contributed by atoms with E-state index in [2.05, 4.69) is 21.9 Å². The zero-order valence-corrected chi connectivity index (χ0v) is 18.9. The van der Waals surface area contributed by atoms with Gasteiger partial charge in [-0.2, -0.15) is 13.2 Å². The summed E-state index contributed by atoms with van der Waals surface area (Å²) >= 11 is 0. The molecule has 34 heavy (non-hydrogen) atoms. The molecule has 2 atom stereocenters. The number of pyridine rings is 1. The van der Waals surface area contributed by atoms with Gasteiger partial charge in [0.05, 0.1) is 17.2 Å². The average Bonchev–Trinajstić information content (AvgIpc) is 2.82. The van der Waals surface area contributed by atoms with Crippen molar-refractivity contribution in [1.82, 2.24) is 19.9 Å². The van der Waals surface area contributed by atoms with E-state index in [1.807, 2.05) is 25.1 Å². The van der Waals surface area contributed by atoms with Crippen LogP contribution in [0.3, 0.4) is 0 Å². The monoisotopic (exact) mass is 470 g/mol. The van der Waals surface area contributed by atoms with Crippen molar-refractivity contribution >= 4 is 5.91 Å². The van der Waals surface area contributed by atoms with Crippen LogP contribution in [0, 0.1) is 12.8 Å². The fourth-order valence-corrected chi connectivity index (χ4v) is 4.15. The summed E-state index contributed by atoms with van der Waals surface area (Å²) in [5.74, 6) is 0.511. The molecule has 0 N–H and O–H groups in total. The molecular weight excluding hydrogens is 445 g/mol. The molecule has 1 aliphatic rings. The Hall–Kier alpha value is -3.49. The molecule has 0 radical (unpaired) electrons. The second-order valence-electron chi connectivity index (χ2n) is 8.59. The number of aryl methyl sites for hydroxylation is 1. The summed E-state index contributed by atoms with van der Waals surface area (Å²) in [5, 5.41) is 0. The highest BCUT2D eigenvalue weighted by Crippen LogP contribution is 2.31. The number of likely N-dealkylation sites (tertiary alicyclic amines) is 1. The number of alkyl halides is 3. The number of benzene rings is 1. The van der Waals surface area contributed by atoms with Gasteiger partial charge in [-0.25, -0.2) is 15.0 Å². The van der Waals surface area contributed by atoms with Gasteiger partial charge in [0.1, 0.15) is 6.61 Å². The molecule has 2 aromatic heterocycles. The fourth-order valence-electron chi connectivity index (χ4n) is 4.15. The van der Waals surface area contributed by atoms with E-state index in [1.54, 1.807) is 23.4 Å². The molecule has 0 spiro atoms. The number of halogens is 3. The van der Waals surface area contributed by atoms with Gasteiger partial charge in [0.15, 0.2) is 5.82 Å². The second-order valence-corrected chi connectivity index (χ2v) is 8.59. The minimum Gasteiger partial charge on any atom is -0.475 e. The molecule has 1 amide bonds. The smallest absolute Gasteiger partial charge is 0.416 e. The molecule has 1 aliphatic heterocycles. The minimum atomic E-state index is -4.48. The summed E-state index contributed by atoms with van der Waals surface area (Å²) in [6.07, 6.45) is 1.34. The molecular formula is C25H25F3N4O2. The minimum absolute atomic E-state index is 0.0490. The Labute approximate surface area is 195 Å². The Balaban J connectivity index is 1.58. The Morgan fingerprint density at radius 3 is 2.62 bits per heavy atom. The molecule has 1 fully saturated rings. The molecule has 9 heteroatoms. The topological polar surface area (TPSA) is 68.2 Å². The van der Waals surface area contributed by atoms with Crippen LogP contribution < -0.4 is 4.74 Å². The molecule has 0 bridgehead atoms. The fraction of sp³-hybridized carbons (Fsp3) is 0.360. The van der Waals surface area contributed by atoms with Gasteiger partial charge in [0.25, 0.3) is 5.91 Å². The first-order valence-corrected chi connectivity index (χ1v) is 11.1. The Kier molecular flexibility index (Phi) is 6.81. The predicted molar refractivity (Wildman–Crippen MR) is 120 cm³/mol. The number of hydrogen-bond acceptors (Lipinski definition) is 5. The van der Waals surface area contributed by atoms with E-state index in [-0.39, 0.29) is 24.4 Å². The lowest BCUT2D eigenvalue weighted by atomic mass is 9.91. The van der Waals surface area contributed by atoms with Gasteiger partial charge in [-0.3, -0.25) is 4.79 Å². The van der Waals surface area contributed by atoms with Crippen molar-refractivity contribution in [2.75, 3.05) is 13.2 Å². The average molecular weight is 470 g/mol. The van der Waals surface area contributed by atoms with Crippen LogP contribution in [0.25, 0.3) is 11.4 Å². The number of nitrogens with zero attached hydrogens (tertiary/aromatic N) is 4. The highest BCUT2D eigenvalue weighted by Gasteiger charge is 2.34. The normalized spacial score (nSPS) is 18.6. The summed E-state index contributed by atoms with van der Waals surface area (Å²) in [5.41, 5.74) is 1.22. The lowest BCUT2D eigenvalue weighted by molar-refractivity contribution is -0.137. The van der Waals surface area contributed by atoms with E-state index >= 15 is 0 Å². The summed E-state index contributed by atoms with van der Waals surface area (Å²) in [7, 11) is 0. The van der Waals surface area contributed by atoms with Crippen LogP contribution in [0.5, 0.6) is 5.88 Å². The van der Waals surface area contributed by atoms with E-state index in [9.17, 15) is 18.0 Å². The number of aromatic nitrogens is 3. The quantitative estimate of drug-likeness (QED) is 0.514. The molecule has 0 aliphatic carbocycles. The van der Waals surface area contributed by atoms with E-state index in [1.165, 1.54) is 0 Å². The standard InChI is InChI=1S/C25H25F3N4O2/c1-16-4-5-20(23-30-8-3-9-31-23)21(13-16)24(33)32-11-7-17(2)12-19(32)15-34-22-14-18(6-10-29-22)25(26,27)28/h3-6,8-10,13-14,17,19H,7,11-12,15H2,1-2H3/t17-,19+/m1/s1. The second kappa shape index (κ2) is 9.79. The lowest BCUT2D eigenvalue weighted by Crippen LogP contribution is -2.48. The predicted octanol–water partition coefficient (Wildman–Crippen LogP) is 5.19. The van der Waals surface area contributed by atoms with Crippen LogP contribution in [0.2, 0.25) is 0 Å². The SMILES string of the molecule is Cc1ccc(-c2ncccn2)c(C(=O)N2CC[C@@H](C)C[C@H]2COc2cc(C(F)(F)F)ccn2)c1. The molecule has 3 aromatic rings. The van der Waals surface area contributed by atoms with E-state index in [4.69, 9.17) is 4.74 Å². The van der Waals surface area contributed by atoms with Crippen LogP contribution in [-0.4, -0.2) is 45.0 Å². The number of carbonyl (C=O) groups excluding carboxylic acids is 1. The third kappa shape index (κ3) is 5.35. The zero-order chi connectivity index (χ0) is 24.3. The Morgan fingerprint density at radius 1 is 1.12 bits per heavy atom. The lowest BCUT2D eigenvalue weighted by Gasteiger charge is -2.38.